The van der Waals surface area contributed by atoms with Crippen LogP contribution in [0.5, 0.6) is 0 Å². The Balaban J connectivity index is 1.44. The molecule has 0 radical (unpaired) electrons. The maximum Gasteiger partial charge on any atom is 0.223 e. The number of nitrogens with one attached hydrogen (secondary N) is 1. The van der Waals surface area contributed by atoms with E-state index in [9.17, 15) is 4.79 Å². The van der Waals surface area contributed by atoms with Gasteiger partial charge >= 0.3 is 0 Å². The maximum atomic E-state index is 12.2. The van der Waals surface area contributed by atoms with Crippen molar-refractivity contribution in [2.24, 2.45) is 5.92 Å². The Morgan fingerprint density at radius 2 is 2.09 bits per heavy atom. The first-order valence-corrected chi connectivity index (χ1v) is 9.50. The van der Waals surface area contributed by atoms with E-state index in [-0.39, 0.29) is 11.8 Å². The summed E-state index contributed by atoms with van der Waals surface area (Å²) in [6.45, 7) is 4.05. The number of piperidine rings is 1. The number of hydrogen-bond acceptors (Lipinski definition) is 4. The predicted molar refractivity (Wildman–Crippen MR) is 95.1 cm³/mol. The fraction of sp³-hybridized carbons (Fsp3) is 0.556. The van der Waals surface area contributed by atoms with Gasteiger partial charge in [0.15, 0.2) is 5.13 Å². The number of aryl methyl sites for hydroxylation is 1. The topological polar surface area (TPSA) is 45.2 Å². The van der Waals surface area contributed by atoms with E-state index in [2.05, 4.69) is 35.3 Å². The van der Waals surface area contributed by atoms with Crippen LogP contribution in [0.1, 0.15) is 38.2 Å². The van der Waals surface area contributed by atoms with Gasteiger partial charge in [0.1, 0.15) is 0 Å². The molecule has 0 spiro atoms. The Hall–Kier alpha value is -1.62. The molecule has 0 bridgehead atoms. The van der Waals surface area contributed by atoms with Crippen LogP contribution in [-0.2, 0) is 11.2 Å². The van der Waals surface area contributed by atoms with Crippen LogP contribution in [0.3, 0.4) is 0 Å². The summed E-state index contributed by atoms with van der Waals surface area (Å²) in [7, 11) is 0. The highest BCUT2D eigenvalue weighted by Gasteiger charge is 2.30. The summed E-state index contributed by atoms with van der Waals surface area (Å²) in [5.41, 5.74) is 2.48. The quantitative estimate of drug-likeness (QED) is 0.935. The number of para-hydroxylation sites is 1. The molecule has 5 heteroatoms. The van der Waals surface area contributed by atoms with Gasteiger partial charge in [0.2, 0.25) is 5.91 Å². The van der Waals surface area contributed by atoms with E-state index in [1.165, 1.54) is 10.3 Å². The number of carbonyl (C=O) groups excluding carboxylic acids is 1. The van der Waals surface area contributed by atoms with E-state index in [1.54, 1.807) is 11.3 Å². The zero-order valence-electron chi connectivity index (χ0n) is 13.5. The molecule has 122 valence electrons. The number of amides is 1. The van der Waals surface area contributed by atoms with E-state index in [1.807, 2.05) is 0 Å². The highest BCUT2D eigenvalue weighted by Crippen LogP contribution is 2.33. The SMILES string of the molecule is CCc1cccc2sc(N3CCC(C(=O)NC4CC4)CC3)nc12. The van der Waals surface area contributed by atoms with Gasteiger partial charge in [-0.1, -0.05) is 30.4 Å². The molecule has 0 atom stereocenters. The van der Waals surface area contributed by atoms with Crippen molar-refractivity contribution in [1.29, 1.82) is 0 Å². The maximum absolute atomic E-state index is 12.2. The number of rotatable bonds is 4. The molecule has 2 aromatic rings. The standard InChI is InChI=1S/C18H23N3OS/c1-2-12-4-3-5-15-16(12)20-18(23-15)21-10-8-13(9-11-21)17(22)19-14-6-7-14/h3-5,13-14H,2,6-11H2,1H3,(H,19,22). The molecule has 2 fully saturated rings. The van der Waals surface area contributed by atoms with E-state index in [0.717, 1.165) is 55.8 Å². The highest BCUT2D eigenvalue weighted by molar-refractivity contribution is 7.22. The molecule has 1 aliphatic heterocycles. The van der Waals surface area contributed by atoms with Crippen LogP contribution < -0.4 is 10.2 Å². The van der Waals surface area contributed by atoms with Gasteiger partial charge in [-0.05, 0) is 43.7 Å². The third-order valence-corrected chi connectivity index (χ3v) is 6.01. The van der Waals surface area contributed by atoms with Crippen molar-refractivity contribution in [3.8, 4) is 0 Å². The lowest BCUT2D eigenvalue weighted by molar-refractivity contribution is -0.125. The lowest BCUT2D eigenvalue weighted by Gasteiger charge is -2.31. The second-order valence-electron chi connectivity index (χ2n) is 6.66. The van der Waals surface area contributed by atoms with Crippen LogP contribution in [0.2, 0.25) is 0 Å². The Kier molecular flexibility index (Phi) is 3.97. The molecule has 4 nitrogen and oxygen atoms in total. The fourth-order valence-electron chi connectivity index (χ4n) is 3.29. The van der Waals surface area contributed by atoms with Gasteiger partial charge in [-0.15, -0.1) is 0 Å². The minimum atomic E-state index is 0.187. The summed E-state index contributed by atoms with van der Waals surface area (Å²) in [5.74, 6) is 0.456. The second kappa shape index (κ2) is 6.11. The summed E-state index contributed by atoms with van der Waals surface area (Å²) < 4.78 is 1.27. The Labute approximate surface area is 140 Å². The Morgan fingerprint density at radius 1 is 1.30 bits per heavy atom. The van der Waals surface area contributed by atoms with Crippen molar-refractivity contribution in [3.63, 3.8) is 0 Å². The molecule has 1 aliphatic carbocycles. The second-order valence-corrected chi connectivity index (χ2v) is 7.67. The molecule has 4 rings (SSSR count). The van der Waals surface area contributed by atoms with E-state index < -0.39 is 0 Å². The molecule has 1 aromatic heterocycles. The van der Waals surface area contributed by atoms with Gasteiger partial charge < -0.3 is 10.2 Å². The third kappa shape index (κ3) is 3.07. The summed E-state index contributed by atoms with van der Waals surface area (Å²) in [5, 5.41) is 4.26. The van der Waals surface area contributed by atoms with Crippen LogP contribution in [0.25, 0.3) is 10.2 Å². The molecule has 1 saturated heterocycles. The minimum Gasteiger partial charge on any atom is -0.353 e. The number of aromatic nitrogens is 1. The molecular weight excluding hydrogens is 306 g/mol. The lowest BCUT2D eigenvalue weighted by Crippen LogP contribution is -2.41. The first-order chi connectivity index (χ1) is 11.2. The van der Waals surface area contributed by atoms with Crippen LogP contribution in [0, 0.1) is 5.92 Å². The minimum absolute atomic E-state index is 0.187. The van der Waals surface area contributed by atoms with Gasteiger partial charge in [-0.3, -0.25) is 4.79 Å². The Morgan fingerprint density at radius 3 is 2.78 bits per heavy atom. The van der Waals surface area contributed by atoms with Crippen molar-refractivity contribution in [2.45, 2.75) is 45.1 Å². The average Bonchev–Trinajstić information content (AvgIpc) is 3.28. The number of hydrogen-bond donors (Lipinski definition) is 1. The number of thiazole rings is 1. The number of anilines is 1. The highest BCUT2D eigenvalue weighted by atomic mass is 32.1. The number of benzene rings is 1. The van der Waals surface area contributed by atoms with Crippen molar-refractivity contribution in [1.82, 2.24) is 10.3 Å². The lowest BCUT2D eigenvalue weighted by atomic mass is 9.96. The van der Waals surface area contributed by atoms with Crippen LogP contribution >= 0.6 is 11.3 Å². The van der Waals surface area contributed by atoms with E-state index >= 15 is 0 Å². The number of nitrogens with zero attached hydrogens (tertiary/aromatic N) is 2. The van der Waals surface area contributed by atoms with E-state index in [0.29, 0.717) is 6.04 Å². The van der Waals surface area contributed by atoms with Gasteiger partial charge in [-0.2, -0.15) is 0 Å². The first kappa shape index (κ1) is 14.9. The molecule has 1 N–H and O–H groups in total. The average molecular weight is 329 g/mol. The molecule has 2 heterocycles. The zero-order chi connectivity index (χ0) is 15.8. The van der Waals surface area contributed by atoms with Gasteiger partial charge in [-0.25, -0.2) is 4.98 Å². The van der Waals surface area contributed by atoms with Gasteiger partial charge in [0.05, 0.1) is 10.2 Å². The summed E-state index contributed by atoms with van der Waals surface area (Å²) in [4.78, 5) is 19.4. The van der Waals surface area contributed by atoms with Crippen molar-refractivity contribution >= 4 is 32.6 Å². The van der Waals surface area contributed by atoms with Crippen LogP contribution in [0.4, 0.5) is 5.13 Å². The fourth-order valence-corrected chi connectivity index (χ4v) is 4.36. The number of carbonyl (C=O) groups is 1. The smallest absolute Gasteiger partial charge is 0.223 e. The molecule has 2 aliphatic rings. The molecule has 1 aromatic carbocycles. The predicted octanol–water partition coefficient (Wildman–Crippen LogP) is 3.35. The monoisotopic (exact) mass is 329 g/mol. The largest absolute Gasteiger partial charge is 0.353 e. The molecule has 1 saturated carbocycles. The number of fused-ring (bicyclic) bond motifs is 1. The van der Waals surface area contributed by atoms with Gasteiger partial charge in [0.25, 0.3) is 0 Å². The van der Waals surface area contributed by atoms with Gasteiger partial charge in [0, 0.05) is 25.0 Å². The Bertz CT molecular complexity index is 714. The summed E-state index contributed by atoms with van der Waals surface area (Å²) >= 11 is 1.78. The van der Waals surface area contributed by atoms with Crippen LogP contribution in [0.15, 0.2) is 18.2 Å². The first-order valence-electron chi connectivity index (χ1n) is 8.68. The van der Waals surface area contributed by atoms with Crippen molar-refractivity contribution in [2.75, 3.05) is 18.0 Å². The van der Waals surface area contributed by atoms with Crippen LogP contribution in [-0.4, -0.2) is 30.0 Å². The zero-order valence-corrected chi connectivity index (χ0v) is 14.4. The van der Waals surface area contributed by atoms with E-state index in [4.69, 9.17) is 4.98 Å². The van der Waals surface area contributed by atoms with Crippen molar-refractivity contribution < 1.29 is 4.79 Å². The summed E-state index contributed by atoms with van der Waals surface area (Å²) in [6, 6.07) is 6.92. The molecular formula is C18H23N3OS. The molecule has 0 unspecified atom stereocenters. The van der Waals surface area contributed by atoms with Crippen molar-refractivity contribution in [3.05, 3.63) is 23.8 Å². The summed E-state index contributed by atoms with van der Waals surface area (Å²) in [6.07, 6.45) is 5.22. The molecule has 23 heavy (non-hydrogen) atoms. The normalized spacial score (nSPS) is 19.3. The third-order valence-electron chi connectivity index (χ3n) is 4.93. The molecule has 1 amide bonds.